The Hall–Kier alpha value is -1.47. The zero-order chi connectivity index (χ0) is 16.2. The molecule has 0 bridgehead atoms. The van der Waals surface area contributed by atoms with E-state index >= 15 is 0 Å². The van der Waals surface area contributed by atoms with Crippen LogP contribution in [0, 0.1) is 0 Å². The van der Waals surface area contributed by atoms with Gasteiger partial charge in [0.05, 0.1) is 11.7 Å². The van der Waals surface area contributed by atoms with Crippen LogP contribution in [0.4, 0.5) is 0 Å². The van der Waals surface area contributed by atoms with Gasteiger partial charge in [-0.1, -0.05) is 18.2 Å². The van der Waals surface area contributed by atoms with Crippen LogP contribution in [0.1, 0.15) is 30.6 Å². The number of methoxy groups -OCH3 is 1. The van der Waals surface area contributed by atoms with Crippen LogP contribution < -0.4 is 0 Å². The molecular formula is C16H22O6. The van der Waals surface area contributed by atoms with Crippen LogP contribution in [0.5, 0.6) is 0 Å². The Morgan fingerprint density at radius 2 is 2.05 bits per heavy atom. The highest BCUT2D eigenvalue weighted by Gasteiger charge is 2.38. The summed E-state index contributed by atoms with van der Waals surface area (Å²) in [5.41, 5.74) is 0.461. The number of esters is 1. The summed E-state index contributed by atoms with van der Waals surface area (Å²) in [7, 11) is 1.53. The van der Waals surface area contributed by atoms with Gasteiger partial charge in [0.15, 0.2) is 12.1 Å². The number of aliphatic hydroxyl groups excluding tert-OH is 1. The van der Waals surface area contributed by atoms with Crippen LogP contribution in [0.2, 0.25) is 0 Å². The third-order valence-electron chi connectivity index (χ3n) is 3.48. The van der Waals surface area contributed by atoms with Gasteiger partial charge in [-0.15, -0.1) is 0 Å². The summed E-state index contributed by atoms with van der Waals surface area (Å²) >= 11 is 0. The predicted molar refractivity (Wildman–Crippen MR) is 78.2 cm³/mol. The SMILES string of the molecule is COC(C)(C)O[C@@H]1CC(O)[C@@H](COC(=O)c2ccccc2)O1. The Morgan fingerprint density at radius 1 is 1.36 bits per heavy atom. The minimum Gasteiger partial charge on any atom is -0.459 e. The second kappa shape index (κ2) is 7.19. The van der Waals surface area contributed by atoms with Crippen LogP contribution in [-0.2, 0) is 18.9 Å². The van der Waals surface area contributed by atoms with E-state index in [9.17, 15) is 9.90 Å². The molecule has 1 N–H and O–H groups in total. The van der Waals surface area contributed by atoms with E-state index in [1.807, 2.05) is 6.07 Å². The van der Waals surface area contributed by atoms with Crippen molar-refractivity contribution in [1.82, 2.24) is 0 Å². The summed E-state index contributed by atoms with van der Waals surface area (Å²) in [4.78, 5) is 11.9. The molecular weight excluding hydrogens is 288 g/mol. The molecule has 1 heterocycles. The van der Waals surface area contributed by atoms with Crippen molar-refractivity contribution < 1.29 is 28.8 Å². The summed E-state index contributed by atoms with van der Waals surface area (Å²) in [5.74, 6) is -1.25. The van der Waals surface area contributed by atoms with Gasteiger partial charge in [0, 0.05) is 13.5 Å². The first kappa shape index (κ1) is 16.9. The van der Waals surface area contributed by atoms with Crippen molar-refractivity contribution in [2.45, 2.75) is 44.6 Å². The van der Waals surface area contributed by atoms with Crippen molar-refractivity contribution in [1.29, 1.82) is 0 Å². The molecule has 1 saturated heterocycles. The molecule has 6 nitrogen and oxygen atoms in total. The molecule has 0 aliphatic carbocycles. The van der Waals surface area contributed by atoms with Gasteiger partial charge in [-0.05, 0) is 26.0 Å². The van der Waals surface area contributed by atoms with E-state index in [1.54, 1.807) is 38.1 Å². The van der Waals surface area contributed by atoms with Crippen molar-refractivity contribution in [2.75, 3.05) is 13.7 Å². The average molecular weight is 310 g/mol. The van der Waals surface area contributed by atoms with Crippen LogP contribution in [0.25, 0.3) is 0 Å². The van der Waals surface area contributed by atoms with Crippen LogP contribution >= 0.6 is 0 Å². The Kier molecular flexibility index (Phi) is 5.52. The number of carbonyl (C=O) groups excluding carboxylic acids is 1. The summed E-state index contributed by atoms with van der Waals surface area (Å²) < 4.78 is 21.5. The number of carbonyl (C=O) groups is 1. The molecule has 2 rings (SSSR count). The van der Waals surface area contributed by atoms with Crippen LogP contribution in [0.15, 0.2) is 30.3 Å². The molecule has 1 unspecified atom stereocenters. The maximum Gasteiger partial charge on any atom is 0.338 e. The summed E-state index contributed by atoms with van der Waals surface area (Å²) in [5, 5.41) is 9.98. The average Bonchev–Trinajstić information content (AvgIpc) is 2.84. The van der Waals surface area contributed by atoms with E-state index < -0.39 is 30.3 Å². The van der Waals surface area contributed by atoms with Gasteiger partial charge >= 0.3 is 5.97 Å². The van der Waals surface area contributed by atoms with Gasteiger partial charge in [-0.25, -0.2) is 4.79 Å². The minimum atomic E-state index is -0.806. The van der Waals surface area contributed by atoms with Crippen LogP contribution in [-0.4, -0.2) is 49.1 Å². The fourth-order valence-corrected chi connectivity index (χ4v) is 2.10. The van der Waals surface area contributed by atoms with E-state index in [1.165, 1.54) is 7.11 Å². The topological polar surface area (TPSA) is 74.2 Å². The smallest absolute Gasteiger partial charge is 0.338 e. The minimum absolute atomic E-state index is 0.0256. The molecule has 1 aromatic carbocycles. The standard InChI is InChI=1S/C16H22O6/c1-16(2,19-3)22-14-9-12(17)13(21-14)10-20-15(18)11-7-5-4-6-8-11/h4-8,12-14,17H,9-10H2,1-3H3/t12?,13-,14-/m1/s1. The lowest BCUT2D eigenvalue weighted by molar-refractivity contribution is -0.280. The zero-order valence-electron chi connectivity index (χ0n) is 13.0. The third-order valence-corrected chi connectivity index (χ3v) is 3.48. The van der Waals surface area contributed by atoms with E-state index in [0.717, 1.165) is 0 Å². The fraction of sp³-hybridized carbons (Fsp3) is 0.562. The highest BCUT2D eigenvalue weighted by Crippen LogP contribution is 2.26. The number of aliphatic hydroxyl groups is 1. The maximum absolute atomic E-state index is 11.9. The number of rotatable bonds is 6. The van der Waals surface area contributed by atoms with Gasteiger partial charge in [-0.3, -0.25) is 0 Å². The van der Waals surface area contributed by atoms with Gasteiger partial charge in [0.25, 0.3) is 0 Å². The molecule has 0 saturated carbocycles. The molecule has 1 aliphatic heterocycles. The van der Waals surface area contributed by atoms with E-state index in [4.69, 9.17) is 18.9 Å². The van der Waals surface area contributed by atoms with Crippen molar-refractivity contribution in [2.24, 2.45) is 0 Å². The first-order valence-electron chi connectivity index (χ1n) is 7.20. The number of hydrogen-bond acceptors (Lipinski definition) is 6. The summed E-state index contributed by atoms with van der Waals surface area (Å²) in [6, 6.07) is 8.67. The van der Waals surface area contributed by atoms with Crippen molar-refractivity contribution in [3.8, 4) is 0 Å². The fourth-order valence-electron chi connectivity index (χ4n) is 2.10. The lowest BCUT2D eigenvalue weighted by Gasteiger charge is -2.27. The third kappa shape index (κ3) is 4.51. The van der Waals surface area contributed by atoms with Gasteiger partial charge < -0.3 is 24.1 Å². The molecule has 1 aromatic rings. The van der Waals surface area contributed by atoms with E-state index in [-0.39, 0.29) is 6.61 Å². The number of hydrogen-bond donors (Lipinski definition) is 1. The molecule has 1 aliphatic rings. The summed E-state index contributed by atoms with van der Waals surface area (Å²) in [6.07, 6.45) is -1.64. The van der Waals surface area contributed by atoms with Crippen LogP contribution in [0.3, 0.4) is 0 Å². The normalized spacial score (nSPS) is 25.2. The molecule has 1 fully saturated rings. The number of ether oxygens (including phenoxy) is 4. The quantitative estimate of drug-likeness (QED) is 0.637. The first-order valence-corrected chi connectivity index (χ1v) is 7.20. The Morgan fingerprint density at radius 3 is 2.68 bits per heavy atom. The Balaban J connectivity index is 1.82. The molecule has 6 heteroatoms. The lowest BCUT2D eigenvalue weighted by Crippen LogP contribution is -2.33. The van der Waals surface area contributed by atoms with E-state index in [2.05, 4.69) is 0 Å². The molecule has 0 spiro atoms. The highest BCUT2D eigenvalue weighted by atomic mass is 16.8. The lowest BCUT2D eigenvalue weighted by atomic mass is 10.2. The molecule has 3 atom stereocenters. The molecule has 0 amide bonds. The largest absolute Gasteiger partial charge is 0.459 e. The zero-order valence-corrected chi connectivity index (χ0v) is 13.0. The Bertz CT molecular complexity index is 487. The second-order valence-electron chi connectivity index (χ2n) is 5.59. The van der Waals surface area contributed by atoms with E-state index in [0.29, 0.717) is 12.0 Å². The van der Waals surface area contributed by atoms with Crippen molar-refractivity contribution >= 4 is 5.97 Å². The number of benzene rings is 1. The summed E-state index contributed by atoms with van der Waals surface area (Å²) in [6.45, 7) is 3.49. The van der Waals surface area contributed by atoms with Gasteiger partial charge in [0.1, 0.15) is 12.7 Å². The molecule has 122 valence electrons. The van der Waals surface area contributed by atoms with Gasteiger partial charge in [0.2, 0.25) is 0 Å². The van der Waals surface area contributed by atoms with Crippen molar-refractivity contribution in [3.05, 3.63) is 35.9 Å². The first-order chi connectivity index (χ1) is 10.4. The molecule has 0 aromatic heterocycles. The predicted octanol–water partition coefficient (Wildman–Crippen LogP) is 1.72. The maximum atomic E-state index is 11.9. The highest BCUT2D eigenvalue weighted by molar-refractivity contribution is 5.89. The molecule has 0 radical (unpaired) electrons. The molecule has 22 heavy (non-hydrogen) atoms. The Labute approximate surface area is 129 Å². The van der Waals surface area contributed by atoms with Gasteiger partial charge in [-0.2, -0.15) is 0 Å². The van der Waals surface area contributed by atoms with Crippen molar-refractivity contribution in [3.63, 3.8) is 0 Å². The monoisotopic (exact) mass is 310 g/mol. The second-order valence-corrected chi connectivity index (χ2v) is 5.59.